The van der Waals surface area contributed by atoms with E-state index in [-0.39, 0.29) is 12.2 Å². The molecule has 0 aliphatic carbocycles. The molecule has 0 radical (unpaired) electrons. The average molecular weight is 425 g/mol. The Morgan fingerprint density at radius 2 is 1.80 bits per heavy atom. The van der Waals surface area contributed by atoms with Gasteiger partial charge < -0.3 is 15.0 Å². The van der Waals surface area contributed by atoms with Gasteiger partial charge in [-0.05, 0) is 17.7 Å². The van der Waals surface area contributed by atoms with Gasteiger partial charge in [0, 0.05) is 10.3 Å². The molecule has 0 saturated carbocycles. The number of nitroso groups, excluding NO2 is 1. The standard InChI is InChI=1S/C21H19N3O5S/c1-29-21(27)17(13-30-15-10-6-3-7-11-15)24-12-16(20(24)26)22-19(25)18(23-28)14-8-4-2-5-9-14/h2-11,13,16,18H,12H2,1H3,(H,22,25). The molecule has 3 rings (SSSR count). The molecule has 8 nitrogen and oxygen atoms in total. The number of carbonyl (C=O) groups is 3. The highest BCUT2D eigenvalue weighted by Crippen LogP contribution is 2.26. The third kappa shape index (κ3) is 4.74. The molecule has 2 unspecified atom stereocenters. The molecule has 1 heterocycles. The van der Waals surface area contributed by atoms with Crippen molar-refractivity contribution in [2.24, 2.45) is 5.18 Å². The highest BCUT2D eigenvalue weighted by molar-refractivity contribution is 8.02. The number of thioether (sulfide) groups is 1. The van der Waals surface area contributed by atoms with Crippen LogP contribution in [0.5, 0.6) is 0 Å². The number of amides is 2. The Bertz CT molecular complexity index is 965. The van der Waals surface area contributed by atoms with Crippen molar-refractivity contribution < 1.29 is 19.1 Å². The summed E-state index contributed by atoms with van der Waals surface area (Å²) in [5.74, 6) is -1.80. The van der Waals surface area contributed by atoms with E-state index in [1.54, 1.807) is 30.3 Å². The lowest BCUT2D eigenvalue weighted by Gasteiger charge is -2.39. The zero-order valence-corrected chi connectivity index (χ0v) is 16.9. The van der Waals surface area contributed by atoms with Gasteiger partial charge in [-0.3, -0.25) is 9.59 Å². The molecule has 30 heavy (non-hydrogen) atoms. The van der Waals surface area contributed by atoms with Gasteiger partial charge in [0.1, 0.15) is 11.7 Å². The molecule has 0 spiro atoms. The topological polar surface area (TPSA) is 105 Å². The van der Waals surface area contributed by atoms with E-state index in [1.807, 2.05) is 30.3 Å². The summed E-state index contributed by atoms with van der Waals surface area (Å²) >= 11 is 1.27. The van der Waals surface area contributed by atoms with Crippen LogP contribution < -0.4 is 5.32 Å². The molecule has 2 atom stereocenters. The first kappa shape index (κ1) is 21.3. The maximum Gasteiger partial charge on any atom is 0.355 e. The zero-order valence-electron chi connectivity index (χ0n) is 16.1. The number of esters is 1. The van der Waals surface area contributed by atoms with Crippen LogP contribution in [-0.2, 0) is 19.1 Å². The Balaban J connectivity index is 1.66. The van der Waals surface area contributed by atoms with Crippen LogP contribution in [0.25, 0.3) is 0 Å². The van der Waals surface area contributed by atoms with Crippen molar-refractivity contribution in [2.75, 3.05) is 13.7 Å². The zero-order chi connectivity index (χ0) is 21.5. The smallest absolute Gasteiger partial charge is 0.355 e. The van der Waals surface area contributed by atoms with Crippen molar-refractivity contribution in [1.29, 1.82) is 0 Å². The third-order valence-electron chi connectivity index (χ3n) is 4.45. The molecule has 1 fully saturated rings. The normalized spacial score (nSPS) is 17.0. The second-order valence-electron chi connectivity index (χ2n) is 6.35. The maximum absolute atomic E-state index is 12.6. The largest absolute Gasteiger partial charge is 0.464 e. The SMILES string of the molecule is COC(=O)C(=CSc1ccccc1)N1CC(NC(=O)C(N=O)c2ccccc2)C1=O. The number of ether oxygens (including phenoxy) is 1. The summed E-state index contributed by atoms with van der Waals surface area (Å²) in [7, 11) is 1.23. The summed E-state index contributed by atoms with van der Waals surface area (Å²) in [6.45, 7) is 0.0845. The summed E-state index contributed by atoms with van der Waals surface area (Å²) in [4.78, 5) is 50.4. The van der Waals surface area contributed by atoms with Gasteiger partial charge in [-0.15, -0.1) is 4.91 Å². The number of rotatable bonds is 8. The molecule has 1 aliphatic rings. The summed E-state index contributed by atoms with van der Waals surface area (Å²) in [5, 5.41) is 6.94. The highest BCUT2D eigenvalue weighted by Gasteiger charge is 2.43. The second-order valence-corrected chi connectivity index (χ2v) is 7.30. The van der Waals surface area contributed by atoms with Gasteiger partial charge in [0.25, 0.3) is 11.8 Å². The summed E-state index contributed by atoms with van der Waals surface area (Å²) in [6.07, 6.45) is 0. The maximum atomic E-state index is 12.6. The van der Waals surface area contributed by atoms with Gasteiger partial charge in [-0.2, -0.15) is 0 Å². The van der Waals surface area contributed by atoms with E-state index in [4.69, 9.17) is 4.74 Å². The van der Waals surface area contributed by atoms with Crippen LogP contribution in [0.15, 0.2) is 81.8 Å². The Morgan fingerprint density at radius 3 is 2.37 bits per heavy atom. The van der Waals surface area contributed by atoms with Crippen LogP contribution >= 0.6 is 11.8 Å². The minimum absolute atomic E-state index is 0.0787. The minimum atomic E-state index is -1.25. The molecule has 0 aromatic heterocycles. The summed E-state index contributed by atoms with van der Waals surface area (Å²) in [6, 6.07) is 15.6. The second kappa shape index (κ2) is 9.84. The van der Waals surface area contributed by atoms with E-state index in [1.165, 1.54) is 29.2 Å². The third-order valence-corrected chi connectivity index (χ3v) is 5.34. The molecule has 2 aromatic rings. The number of benzene rings is 2. The van der Waals surface area contributed by atoms with Crippen molar-refractivity contribution in [3.05, 3.63) is 82.2 Å². The van der Waals surface area contributed by atoms with E-state index < -0.39 is 29.9 Å². The average Bonchev–Trinajstić information content (AvgIpc) is 2.79. The quantitative estimate of drug-likeness (QED) is 0.229. The van der Waals surface area contributed by atoms with E-state index in [9.17, 15) is 19.3 Å². The Morgan fingerprint density at radius 1 is 1.17 bits per heavy atom. The van der Waals surface area contributed by atoms with Crippen LogP contribution in [-0.4, -0.2) is 42.4 Å². The fourth-order valence-electron chi connectivity index (χ4n) is 2.85. The van der Waals surface area contributed by atoms with Crippen molar-refractivity contribution in [2.45, 2.75) is 17.0 Å². The van der Waals surface area contributed by atoms with Gasteiger partial charge >= 0.3 is 5.97 Å². The molecule has 1 aliphatic heterocycles. The first-order valence-electron chi connectivity index (χ1n) is 9.04. The van der Waals surface area contributed by atoms with Crippen LogP contribution in [0.2, 0.25) is 0 Å². The fraction of sp³-hybridized carbons (Fsp3) is 0.190. The lowest BCUT2D eigenvalue weighted by molar-refractivity contribution is -0.150. The van der Waals surface area contributed by atoms with Crippen LogP contribution in [0.4, 0.5) is 0 Å². The minimum Gasteiger partial charge on any atom is -0.464 e. The van der Waals surface area contributed by atoms with E-state index >= 15 is 0 Å². The van der Waals surface area contributed by atoms with Crippen molar-refractivity contribution in [1.82, 2.24) is 10.2 Å². The number of β-lactam (4-membered cyclic amide) rings is 1. The Hall–Kier alpha value is -3.46. The summed E-state index contributed by atoms with van der Waals surface area (Å²) in [5.41, 5.74) is 0.512. The van der Waals surface area contributed by atoms with E-state index in [0.717, 1.165) is 4.90 Å². The van der Waals surface area contributed by atoms with E-state index in [2.05, 4.69) is 10.5 Å². The first-order valence-corrected chi connectivity index (χ1v) is 9.92. The van der Waals surface area contributed by atoms with Gasteiger partial charge in [-0.25, -0.2) is 4.79 Å². The van der Waals surface area contributed by atoms with Crippen molar-refractivity contribution in [3.8, 4) is 0 Å². The Labute approximate surface area is 177 Å². The number of methoxy groups -OCH3 is 1. The first-order chi connectivity index (χ1) is 14.5. The van der Waals surface area contributed by atoms with E-state index in [0.29, 0.717) is 5.56 Å². The Kier molecular flexibility index (Phi) is 6.97. The predicted octanol–water partition coefficient (Wildman–Crippen LogP) is 2.63. The monoisotopic (exact) mass is 425 g/mol. The van der Waals surface area contributed by atoms with Crippen molar-refractivity contribution in [3.63, 3.8) is 0 Å². The number of nitrogens with one attached hydrogen (secondary N) is 1. The number of carbonyl (C=O) groups excluding carboxylic acids is 3. The number of hydrogen-bond donors (Lipinski definition) is 1. The molecule has 1 saturated heterocycles. The fourth-order valence-corrected chi connectivity index (χ4v) is 3.63. The number of likely N-dealkylation sites (tertiary alicyclic amines) is 1. The molecular formula is C21H19N3O5S. The molecule has 1 N–H and O–H groups in total. The molecule has 154 valence electrons. The highest BCUT2D eigenvalue weighted by atomic mass is 32.2. The predicted molar refractivity (Wildman–Crippen MR) is 111 cm³/mol. The van der Waals surface area contributed by atoms with Crippen LogP contribution in [0, 0.1) is 4.91 Å². The molecule has 0 bridgehead atoms. The number of hydrogen-bond acceptors (Lipinski definition) is 7. The van der Waals surface area contributed by atoms with Gasteiger partial charge in [0.05, 0.1) is 13.7 Å². The van der Waals surface area contributed by atoms with Crippen molar-refractivity contribution >= 4 is 29.5 Å². The van der Waals surface area contributed by atoms with Crippen LogP contribution in [0.3, 0.4) is 0 Å². The van der Waals surface area contributed by atoms with Gasteiger partial charge in [0.15, 0.2) is 6.04 Å². The lowest BCUT2D eigenvalue weighted by Crippen LogP contribution is -2.64. The van der Waals surface area contributed by atoms with Crippen LogP contribution in [0.1, 0.15) is 11.6 Å². The molecule has 2 amide bonds. The lowest BCUT2D eigenvalue weighted by atomic mass is 10.0. The molecule has 2 aromatic carbocycles. The molecule has 9 heteroatoms. The van der Waals surface area contributed by atoms with Gasteiger partial charge in [0.2, 0.25) is 0 Å². The van der Waals surface area contributed by atoms with Gasteiger partial charge in [-0.1, -0.05) is 65.5 Å². The molecular weight excluding hydrogens is 406 g/mol. The summed E-state index contributed by atoms with van der Waals surface area (Å²) < 4.78 is 4.78. The number of nitrogens with zero attached hydrogens (tertiary/aromatic N) is 2.